The van der Waals surface area contributed by atoms with Gasteiger partial charge in [0.1, 0.15) is 5.58 Å². The Hall–Kier alpha value is -3.84. The lowest BCUT2D eigenvalue weighted by Crippen LogP contribution is -2.24. The molecule has 1 aliphatic rings. The largest absolute Gasteiger partial charge is 0.493 e. The van der Waals surface area contributed by atoms with Gasteiger partial charge < -0.3 is 14.1 Å². The van der Waals surface area contributed by atoms with E-state index in [1.807, 2.05) is 53.4 Å². The molecule has 0 radical (unpaired) electrons. The number of rotatable bonds is 5. The molecular weight excluding hydrogens is 418 g/mol. The first-order valence-electron chi connectivity index (χ1n) is 10.8. The Morgan fingerprint density at radius 1 is 1.18 bits per heavy atom. The fourth-order valence-electron chi connectivity index (χ4n) is 4.70. The Morgan fingerprint density at radius 2 is 1.97 bits per heavy atom. The lowest BCUT2D eigenvalue weighted by molar-refractivity contribution is -0.128. The first kappa shape index (κ1) is 21.0. The Morgan fingerprint density at radius 3 is 2.70 bits per heavy atom. The van der Waals surface area contributed by atoms with Crippen LogP contribution in [0.2, 0.25) is 0 Å². The number of amidine groups is 1. The Labute approximate surface area is 191 Å². The first-order valence-corrected chi connectivity index (χ1v) is 10.8. The zero-order valence-corrected chi connectivity index (χ0v) is 18.5. The molecule has 1 atom stereocenters. The smallest absolute Gasteiger partial charge is 0.223 e. The summed E-state index contributed by atoms with van der Waals surface area (Å²) in [6.07, 6.45) is 0.458. The maximum atomic E-state index is 12.9. The van der Waals surface area contributed by atoms with E-state index in [0.717, 1.165) is 38.6 Å². The summed E-state index contributed by atoms with van der Waals surface area (Å²) in [6.45, 7) is 1.17. The monoisotopic (exact) mass is 443 g/mol. The zero-order chi connectivity index (χ0) is 22.9. The molecule has 1 amide bonds. The van der Waals surface area contributed by atoms with E-state index in [-0.39, 0.29) is 11.8 Å². The van der Waals surface area contributed by atoms with Gasteiger partial charge in [0.25, 0.3) is 0 Å². The van der Waals surface area contributed by atoms with E-state index < -0.39 is 0 Å². The quantitative estimate of drug-likeness (QED) is 0.270. The molecule has 3 aromatic carbocycles. The van der Waals surface area contributed by atoms with Gasteiger partial charge in [-0.3, -0.25) is 20.5 Å². The predicted octanol–water partition coefficient (Wildman–Crippen LogP) is 4.47. The molecule has 2 N–H and O–H groups in total. The first-order chi connectivity index (χ1) is 16.1. The lowest BCUT2D eigenvalue weighted by Gasteiger charge is -2.18. The van der Waals surface area contributed by atoms with Crippen molar-refractivity contribution in [3.05, 3.63) is 77.4 Å². The van der Waals surface area contributed by atoms with Crippen molar-refractivity contribution in [1.29, 1.82) is 0 Å². The number of ether oxygens (including phenoxy) is 1. The number of fused-ring (bicyclic) bond motifs is 3. The SMILES string of the molecule is CN=C(NO)c1ccc(CN2CC(c3ccc(OC)c4oc5ccccc5c34)CC2=O)cc1. The van der Waals surface area contributed by atoms with Crippen LogP contribution in [0.4, 0.5) is 0 Å². The van der Waals surface area contributed by atoms with Gasteiger partial charge in [-0.05, 0) is 23.3 Å². The minimum atomic E-state index is 0.0728. The number of methoxy groups -OCH3 is 1. The zero-order valence-electron chi connectivity index (χ0n) is 18.5. The van der Waals surface area contributed by atoms with Gasteiger partial charge in [0.15, 0.2) is 17.2 Å². The highest BCUT2D eigenvalue weighted by atomic mass is 16.5. The number of furan rings is 1. The minimum absolute atomic E-state index is 0.0728. The van der Waals surface area contributed by atoms with Crippen LogP contribution in [0.3, 0.4) is 0 Å². The van der Waals surface area contributed by atoms with Crippen LogP contribution >= 0.6 is 0 Å². The van der Waals surface area contributed by atoms with E-state index in [1.54, 1.807) is 14.2 Å². The summed E-state index contributed by atoms with van der Waals surface area (Å²) < 4.78 is 11.7. The van der Waals surface area contributed by atoms with Gasteiger partial charge in [0, 0.05) is 48.8 Å². The third kappa shape index (κ3) is 3.70. The van der Waals surface area contributed by atoms with Crippen molar-refractivity contribution in [2.45, 2.75) is 18.9 Å². The van der Waals surface area contributed by atoms with Crippen molar-refractivity contribution in [3.8, 4) is 5.75 Å². The van der Waals surface area contributed by atoms with Gasteiger partial charge in [-0.1, -0.05) is 48.5 Å². The number of benzene rings is 3. The van der Waals surface area contributed by atoms with Crippen LogP contribution in [0.1, 0.15) is 29.0 Å². The molecule has 168 valence electrons. The second kappa shape index (κ2) is 8.60. The minimum Gasteiger partial charge on any atom is -0.493 e. The van der Waals surface area contributed by atoms with Crippen LogP contribution in [0.25, 0.3) is 21.9 Å². The standard InChI is InChI=1S/C26H25N3O4/c1-27-26(28-31)17-9-7-16(8-10-17)14-29-15-18(13-23(29)30)19-11-12-22(32-2)25-24(19)20-5-3-4-6-21(20)33-25/h3-12,18,31H,13-15H2,1-2H3,(H,27,28). The normalized spacial score (nSPS) is 16.7. The summed E-state index contributed by atoms with van der Waals surface area (Å²) in [6, 6.07) is 19.6. The average molecular weight is 444 g/mol. The topological polar surface area (TPSA) is 87.3 Å². The molecule has 7 heteroatoms. The number of nitrogens with zero attached hydrogens (tertiary/aromatic N) is 2. The molecule has 0 saturated carbocycles. The highest BCUT2D eigenvalue weighted by molar-refractivity contribution is 6.09. The number of hydrogen-bond acceptors (Lipinski definition) is 5. The summed E-state index contributed by atoms with van der Waals surface area (Å²) in [5.41, 5.74) is 6.54. The maximum absolute atomic E-state index is 12.9. The van der Waals surface area contributed by atoms with E-state index in [4.69, 9.17) is 14.4 Å². The third-order valence-electron chi connectivity index (χ3n) is 6.33. The van der Waals surface area contributed by atoms with Crippen LogP contribution in [0.15, 0.2) is 70.1 Å². The van der Waals surface area contributed by atoms with E-state index in [0.29, 0.717) is 31.1 Å². The molecule has 4 aromatic rings. The van der Waals surface area contributed by atoms with E-state index in [9.17, 15) is 4.79 Å². The molecule has 1 aliphatic heterocycles. The summed E-state index contributed by atoms with van der Waals surface area (Å²) in [4.78, 5) is 18.8. The van der Waals surface area contributed by atoms with Crippen LogP contribution in [-0.4, -0.2) is 42.6 Å². The van der Waals surface area contributed by atoms with Crippen molar-refractivity contribution in [2.75, 3.05) is 20.7 Å². The number of hydrogen-bond donors (Lipinski definition) is 2. The summed E-state index contributed by atoms with van der Waals surface area (Å²) in [5, 5.41) is 11.2. The van der Waals surface area contributed by atoms with E-state index >= 15 is 0 Å². The fraction of sp³-hybridized carbons (Fsp3) is 0.231. The van der Waals surface area contributed by atoms with Crippen LogP contribution < -0.4 is 10.2 Å². The second-order valence-corrected chi connectivity index (χ2v) is 8.22. The van der Waals surface area contributed by atoms with Gasteiger partial charge in [-0.15, -0.1) is 0 Å². The number of likely N-dealkylation sites (tertiary alicyclic amines) is 1. The maximum Gasteiger partial charge on any atom is 0.223 e. The van der Waals surface area contributed by atoms with Crippen LogP contribution in [0, 0.1) is 0 Å². The van der Waals surface area contributed by atoms with E-state index in [1.165, 1.54) is 0 Å². The van der Waals surface area contributed by atoms with Gasteiger partial charge >= 0.3 is 0 Å². The number of hydroxylamine groups is 1. The van der Waals surface area contributed by atoms with E-state index in [2.05, 4.69) is 22.6 Å². The van der Waals surface area contributed by atoms with Crippen molar-refractivity contribution in [3.63, 3.8) is 0 Å². The summed E-state index contributed by atoms with van der Waals surface area (Å²) in [7, 11) is 3.24. The van der Waals surface area contributed by atoms with Gasteiger partial charge in [-0.2, -0.15) is 0 Å². The van der Waals surface area contributed by atoms with Crippen LogP contribution in [0.5, 0.6) is 5.75 Å². The lowest BCUT2D eigenvalue weighted by atomic mass is 9.93. The molecule has 2 heterocycles. The number of carbonyl (C=O) groups excluding carboxylic acids is 1. The van der Waals surface area contributed by atoms with Crippen molar-refractivity contribution in [1.82, 2.24) is 10.4 Å². The molecule has 1 fully saturated rings. The molecule has 0 bridgehead atoms. The number of carbonyl (C=O) groups is 1. The van der Waals surface area contributed by atoms with Crippen molar-refractivity contribution < 1.29 is 19.2 Å². The molecule has 1 unspecified atom stereocenters. The highest BCUT2D eigenvalue weighted by Crippen LogP contribution is 2.42. The Bertz CT molecular complexity index is 1360. The number of aliphatic imine (C=N–C) groups is 1. The predicted molar refractivity (Wildman–Crippen MR) is 127 cm³/mol. The molecule has 1 saturated heterocycles. The third-order valence-corrected chi connectivity index (χ3v) is 6.33. The Balaban J connectivity index is 1.43. The summed E-state index contributed by atoms with van der Waals surface area (Å²) >= 11 is 0. The number of nitrogens with one attached hydrogen (secondary N) is 1. The molecule has 33 heavy (non-hydrogen) atoms. The molecule has 5 rings (SSSR count). The van der Waals surface area contributed by atoms with Gasteiger partial charge in [0.05, 0.1) is 7.11 Å². The summed E-state index contributed by atoms with van der Waals surface area (Å²) in [5.74, 6) is 1.30. The molecular formula is C26H25N3O4. The second-order valence-electron chi connectivity index (χ2n) is 8.22. The fourth-order valence-corrected chi connectivity index (χ4v) is 4.70. The average Bonchev–Trinajstić information content (AvgIpc) is 3.41. The Kier molecular flexibility index (Phi) is 5.48. The van der Waals surface area contributed by atoms with Crippen molar-refractivity contribution >= 4 is 33.7 Å². The number of para-hydroxylation sites is 1. The van der Waals surface area contributed by atoms with Crippen LogP contribution in [-0.2, 0) is 11.3 Å². The van der Waals surface area contributed by atoms with Crippen molar-refractivity contribution in [2.24, 2.45) is 4.99 Å². The van der Waals surface area contributed by atoms with Gasteiger partial charge in [-0.25, -0.2) is 0 Å². The molecule has 0 aliphatic carbocycles. The molecule has 7 nitrogen and oxygen atoms in total. The highest BCUT2D eigenvalue weighted by Gasteiger charge is 2.33. The number of amides is 1. The van der Waals surface area contributed by atoms with Gasteiger partial charge in [0.2, 0.25) is 5.91 Å². The molecule has 0 spiro atoms. The molecule has 1 aromatic heterocycles.